The van der Waals surface area contributed by atoms with Crippen molar-refractivity contribution in [3.05, 3.63) is 75.5 Å². The molecule has 0 saturated carbocycles. The highest BCUT2D eigenvalue weighted by molar-refractivity contribution is 6.35. The number of hydrogen-bond donors (Lipinski definition) is 1. The summed E-state index contributed by atoms with van der Waals surface area (Å²) in [5, 5.41) is 5.45. The molecule has 2 aromatic carbocycles. The molecule has 1 aromatic heterocycles. The SMILES string of the molecule is CCOC(=O)C1=Cc2cc3ccccc3n2C(c2ccc(Cl)cc2Cl)N1. The third kappa shape index (κ3) is 2.85. The van der Waals surface area contributed by atoms with Crippen LogP contribution in [0.25, 0.3) is 17.0 Å². The van der Waals surface area contributed by atoms with Crippen LogP contribution in [0.1, 0.15) is 24.3 Å². The Labute approximate surface area is 161 Å². The summed E-state index contributed by atoms with van der Waals surface area (Å²) in [6, 6.07) is 15.5. The number of rotatable bonds is 3. The van der Waals surface area contributed by atoms with Gasteiger partial charge >= 0.3 is 5.97 Å². The van der Waals surface area contributed by atoms with Crippen molar-refractivity contribution in [3.8, 4) is 0 Å². The van der Waals surface area contributed by atoms with Gasteiger partial charge in [-0.1, -0.05) is 47.5 Å². The molecule has 4 rings (SSSR count). The van der Waals surface area contributed by atoms with Crippen LogP contribution < -0.4 is 5.32 Å². The van der Waals surface area contributed by atoms with Crippen LogP contribution in [-0.2, 0) is 9.53 Å². The molecule has 1 aliphatic rings. The van der Waals surface area contributed by atoms with E-state index in [0.717, 1.165) is 22.2 Å². The predicted octanol–water partition coefficient (Wildman–Crippen LogP) is 5.00. The van der Waals surface area contributed by atoms with Gasteiger partial charge in [0.05, 0.1) is 12.1 Å². The van der Waals surface area contributed by atoms with Crippen LogP contribution in [-0.4, -0.2) is 17.1 Å². The van der Waals surface area contributed by atoms with Crippen LogP contribution in [0.3, 0.4) is 0 Å². The Morgan fingerprint density at radius 1 is 1.19 bits per heavy atom. The minimum Gasteiger partial charge on any atom is -0.461 e. The molecule has 0 bridgehead atoms. The fraction of sp³-hybridized carbons (Fsp3) is 0.150. The first-order chi connectivity index (χ1) is 12.6. The lowest BCUT2D eigenvalue weighted by atomic mass is 10.1. The normalized spacial score (nSPS) is 16.0. The molecule has 4 nitrogen and oxygen atoms in total. The van der Waals surface area contributed by atoms with Gasteiger partial charge in [-0.25, -0.2) is 4.79 Å². The Kier molecular flexibility index (Phi) is 4.39. The van der Waals surface area contributed by atoms with Crippen LogP contribution >= 0.6 is 23.2 Å². The average molecular weight is 387 g/mol. The van der Waals surface area contributed by atoms with Crippen LogP contribution in [0.2, 0.25) is 10.0 Å². The molecule has 1 unspecified atom stereocenters. The molecule has 26 heavy (non-hydrogen) atoms. The summed E-state index contributed by atoms with van der Waals surface area (Å²) >= 11 is 12.5. The van der Waals surface area contributed by atoms with E-state index in [1.54, 1.807) is 25.1 Å². The zero-order valence-corrected chi connectivity index (χ0v) is 15.5. The minimum atomic E-state index is -0.390. The van der Waals surface area contributed by atoms with Crippen molar-refractivity contribution in [3.63, 3.8) is 0 Å². The summed E-state index contributed by atoms with van der Waals surface area (Å²) in [5.74, 6) is -0.390. The molecular formula is C20H16Cl2N2O2. The van der Waals surface area contributed by atoms with Crippen molar-refractivity contribution in [2.45, 2.75) is 13.1 Å². The molecule has 2 heterocycles. The van der Waals surface area contributed by atoms with Crippen molar-refractivity contribution >= 4 is 46.2 Å². The molecule has 132 valence electrons. The number of aromatic nitrogens is 1. The largest absolute Gasteiger partial charge is 0.461 e. The Bertz CT molecular complexity index is 1040. The summed E-state index contributed by atoms with van der Waals surface area (Å²) < 4.78 is 7.29. The molecule has 3 aromatic rings. The van der Waals surface area contributed by atoms with Gasteiger partial charge < -0.3 is 14.6 Å². The minimum absolute atomic E-state index is 0.313. The number of ether oxygens (including phenoxy) is 1. The number of para-hydroxylation sites is 1. The molecule has 0 aliphatic carbocycles. The number of carbonyl (C=O) groups excluding carboxylic acids is 1. The van der Waals surface area contributed by atoms with Crippen molar-refractivity contribution in [2.75, 3.05) is 6.61 Å². The predicted molar refractivity (Wildman–Crippen MR) is 104 cm³/mol. The number of halogens is 2. The van der Waals surface area contributed by atoms with Gasteiger partial charge in [-0.15, -0.1) is 0 Å². The lowest BCUT2D eigenvalue weighted by Crippen LogP contribution is -2.35. The summed E-state index contributed by atoms with van der Waals surface area (Å²) in [6.45, 7) is 2.10. The highest BCUT2D eigenvalue weighted by Crippen LogP contribution is 2.35. The maximum atomic E-state index is 12.3. The second kappa shape index (κ2) is 6.71. The van der Waals surface area contributed by atoms with Crippen molar-refractivity contribution in [1.29, 1.82) is 0 Å². The molecule has 6 heteroatoms. The van der Waals surface area contributed by atoms with Crippen LogP contribution in [0.5, 0.6) is 0 Å². The lowest BCUT2D eigenvalue weighted by molar-refractivity contribution is -0.139. The van der Waals surface area contributed by atoms with Gasteiger partial charge in [-0.2, -0.15) is 0 Å². The summed E-state index contributed by atoms with van der Waals surface area (Å²) in [4.78, 5) is 12.3. The zero-order chi connectivity index (χ0) is 18.3. The smallest absolute Gasteiger partial charge is 0.354 e. The van der Waals surface area contributed by atoms with Crippen molar-refractivity contribution < 1.29 is 9.53 Å². The van der Waals surface area contributed by atoms with Gasteiger partial charge in [0.1, 0.15) is 11.9 Å². The molecule has 0 saturated heterocycles. The number of nitrogens with one attached hydrogen (secondary N) is 1. The Balaban J connectivity index is 1.92. The Morgan fingerprint density at radius 3 is 2.77 bits per heavy atom. The first kappa shape index (κ1) is 17.0. The lowest BCUT2D eigenvalue weighted by Gasteiger charge is -2.29. The van der Waals surface area contributed by atoms with E-state index in [1.165, 1.54) is 0 Å². The number of carbonyl (C=O) groups is 1. The van der Waals surface area contributed by atoms with Gasteiger partial charge in [0, 0.05) is 26.7 Å². The first-order valence-corrected chi connectivity index (χ1v) is 9.04. The first-order valence-electron chi connectivity index (χ1n) is 8.28. The van der Waals surface area contributed by atoms with Crippen molar-refractivity contribution in [1.82, 2.24) is 9.88 Å². The standard InChI is InChI=1S/C20H16Cl2N2O2/c1-2-26-20(25)17-11-14-9-12-5-3-4-6-18(12)24(14)19(23-17)15-8-7-13(21)10-16(15)22/h3-11,19,23H,2H2,1H3. The number of fused-ring (bicyclic) bond motifs is 3. The van der Waals surface area contributed by atoms with E-state index in [4.69, 9.17) is 27.9 Å². The fourth-order valence-electron chi connectivity index (χ4n) is 3.26. The molecule has 0 radical (unpaired) electrons. The van der Waals surface area contributed by atoms with Gasteiger partial charge in [-0.3, -0.25) is 0 Å². The van der Waals surface area contributed by atoms with E-state index in [1.807, 2.05) is 36.4 Å². The van der Waals surface area contributed by atoms with E-state index in [9.17, 15) is 4.79 Å². The monoisotopic (exact) mass is 386 g/mol. The van der Waals surface area contributed by atoms with Crippen LogP contribution in [0, 0.1) is 0 Å². The number of benzene rings is 2. The topological polar surface area (TPSA) is 43.3 Å². The quantitative estimate of drug-likeness (QED) is 0.643. The Morgan fingerprint density at radius 2 is 2.00 bits per heavy atom. The molecule has 1 atom stereocenters. The molecule has 0 spiro atoms. The maximum Gasteiger partial charge on any atom is 0.354 e. The third-order valence-corrected chi connectivity index (χ3v) is 4.94. The number of nitrogens with zero attached hydrogens (tertiary/aromatic N) is 1. The van der Waals surface area contributed by atoms with E-state index >= 15 is 0 Å². The second-order valence-electron chi connectivity index (χ2n) is 5.99. The molecule has 1 N–H and O–H groups in total. The van der Waals surface area contributed by atoms with E-state index in [2.05, 4.69) is 9.88 Å². The fourth-order valence-corrected chi connectivity index (χ4v) is 3.78. The highest BCUT2D eigenvalue weighted by Gasteiger charge is 2.28. The molecular weight excluding hydrogens is 371 g/mol. The molecule has 0 amide bonds. The number of esters is 1. The van der Waals surface area contributed by atoms with E-state index < -0.39 is 0 Å². The van der Waals surface area contributed by atoms with Crippen molar-refractivity contribution in [2.24, 2.45) is 0 Å². The summed E-state index contributed by atoms with van der Waals surface area (Å²) in [6.07, 6.45) is 1.46. The average Bonchev–Trinajstić information content (AvgIpc) is 3.00. The maximum absolute atomic E-state index is 12.3. The highest BCUT2D eigenvalue weighted by atomic mass is 35.5. The number of hydrogen-bond acceptors (Lipinski definition) is 3. The van der Waals surface area contributed by atoms with Crippen LogP contribution in [0.15, 0.2) is 54.2 Å². The van der Waals surface area contributed by atoms with Crippen LogP contribution in [0.4, 0.5) is 0 Å². The van der Waals surface area contributed by atoms with Gasteiger partial charge in [0.25, 0.3) is 0 Å². The van der Waals surface area contributed by atoms with E-state index in [-0.39, 0.29) is 12.1 Å². The molecule has 0 fully saturated rings. The summed E-state index contributed by atoms with van der Waals surface area (Å²) in [5.41, 5.74) is 3.18. The second-order valence-corrected chi connectivity index (χ2v) is 6.83. The third-order valence-electron chi connectivity index (χ3n) is 4.37. The van der Waals surface area contributed by atoms with E-state index in [0.29, 0.717) is 22.3 Å². The summed E-state index contributed by atoms with van der Waals surface area (Å²) in [7, 11) is 0. The van der Waals surface area contributed by atoms with Gasteiger partial charge in [-0.05, 0) is 37.3 Å². The Hall–Kier alpha value is -2.43. The zero-order valence-electron chi connectivity index (χ0n) is 14.0. The molecule has 1 aliphatic heterocycles. The van der Waals surface area contributed by atoms with Gasteiger partial charge in [0.2, 0.25) is 0 Å². The van der Waals surface area contributed by atoms with Gasteiger partial charge in [0.15, 0.2) is 0 Å².